The molecule has 0 spiro atoms. The van der Waals surface area contributed by atoms with Crippen LogP contribution >= 0.6 is 0 Å². The third-order valence-corrected chi connectivity index (χ3v) is 3.50. The van der Waals surface area contributed by atoms with E-state index >= 15 is 0 Å². The van der Waals surface area contributed by atoms with Gasteiger partial charge >= 0.3 is 0 Å². The first-order valence-electron chi connectivity index (χ1n) is 7.29. The smallest absolute Gasteiger partial charge is 0.130 e. The lowest BCUT2D eigenvalue weighted by Gasteiger charge is -2.21. The van der Waals surface area contributed by atoms with E-state index in [9.17, 15) is 8.78 Å². The molecule has 0 aliphatic carbocycles. The molecule has 1 nitrogen and oxygen atoms in total. The van der Waals surface area contributed by atoms with Crippen LogP contribution in [-0.2, 0) is 6.54 Å². The third kappa shape index (κ3) is 4.36. The Morgan fingerprint density at radius 3 is 2.10 bits per heavy atom. The van der Waals surface area contributed by atoms with Gasteiger partial charge in [0.15, 0.2) is 0 Å². The molecule has 0 aliphatic heterocycles. The van der Waals surface area contributed by atoms with Gasteiger partial charge in [-0.05, 0) is 30.0 Å². The zero-order chi connectivity index (χ0) is 15.2. The van der Waals surface area contributed by atoms with Crippen LogP contribution in [0.5, 0.6) is 0 Å². The average molecular weight is 289 g/mol. The Balaban J connectivity index is 2.13. The Morgan fingerprint density at radius 1 is 0.905 bits per heavy atom. The Bertz CT molecular complexity index is 546. The normalized spacial score (nSPS) is 12.6. The zero-order valence-electron chi connectivity index (χ0n) is 12.4. The summed E-state index contributed by atoms with van der Waals surface area (Å²) in [5, 5.41) is 3.29. The highest BCUT2D eigenvalue weighted by Crippen LogP contribution is 2.22. The molecule has 1 unspecified atom stereocenters. The third-order valence-electron chi connectivity index (χ3n) is 3.50. The number of nitrogens with one attached hydrogen (secondary N) is 1. The van der Waals surface area contributed by atoms with E-state index in [0.29, 0.717) is 5.92 Å². The lowest BCUT2D eigenvalue weighted by atomic mass is 9.96. The van der Waals surface area contributed by atoms with Gasteiger partial charge in [0.05, 0.1) is 0 Å². The van der Waals surface area contributed by atoms with Gasteiger partial charge in [0.25, 0.3) is 0 Å². The number of hydrogen-bond acceptors (Lipinski definition) is 1. The van der Waals surface area contributed by atoms with Gasteiger partial charge in [0, 0.05) is 18.2 Å². The molecular formula is C18H21F2N. The second-order valence-corrected chi connectivity index (χ2v) is 5.67. The van der Waals surface area contributed by atoms with Crippen LogP contribution in [0.3, 0.4) is 0 Å². The first-order chi connectivity index (χ1) is 10.1. The van der Waals surface area contributed by atoms with Crippen LogP contribution < -0.4 is 5.32 Å². The van der Waals surface area contributed by atoms with Crippen molar-refractivity contribution in [1.82, 2.24) is 5.32 Å². The van der Waals surface area contributed by atoms with Crippen LogP contribution in [0.15, 0.2) is 48.5 Å². The van der Waals surface area contributed by atoms with Gasteiger partial charge < -0.3 is 5.32 Å². The van der Waals surface area contributed by atoms with Gasteiger partial charge in [-0.15, -0.1) is 0 Å². The molecule has 3 heteroatoms. The molecule has 0 aromatic heterocycles. The van der Waals surface area contributed by atoms with Gasteiger partial charge in [0.1, 0.15) is 11.6 Å². The highest BCUT2D eigenvalue weighted by Gasteiger charge is 2.15. The van der Waals surface area contributed by atoms with Gasteiger partial charge in [0.2, 0.25) is 0 Å². The van der Waals surface area contributed by atoms with Crippen LogP contribution in [-0.4, -0.2) is 0 Å². The average Bonchev–Trinajstić information content (AvgIpc) is 2.46. The van der Waals surface area contributed by atoms with Crippen molar-refractivity contribution in [3.8, 4) is 0 Å². The minimum absolute atomic E-state index is 0.0882. The lowest BCUT2D eigenvalue weighted by Crippen LogP contribution is -2.23. The number of hydrogen-bond donors (Lipinski definition) is 1. The first-order valence-corrected chi connectivity index (χ1v) is 7.29. The monoisotopic (exact) mass is 289 g/mol. The van der Waals surface area contributed by atoms with E-state index in [1.807, 2.05) is 30.3 Å². The molecule has 0 bridgehead atoms. The molecular weight excluding hydrogens is 268 g/mol. The Hall–Kier alpha value is -1.74. The predicted octanol–water partition coefficient (Wildman–Crippen LogP) is 4.84. The number of rotatable bonds is 6. The number of halogens is 2. The van der Waals surface area contributed by atoms with Crippen molar-refractivity contribution in [1.29, 1.82) is 0 Å². The summed E-state index contributed by atoms with van der Waals surface area (Å²) in [6.45, 7) is 4.47. The first kappa shape index (κ1) is 15.6. The van der Waals surface area contributed by atoms with E-state index in [4.69, 9.17) is 0 Å². The van der Waals surface area contributed by atoms with Crippen molar-refractivity contribution in [3.05, 3.63) is 71.3 Å². The fraction of sp³-hybridized carbons (Fsp3) is 0.333. The van der Waals surface area contributed by atoms with Gasteiger partial charge in [-0.3, -0.25) is 0 Å². The molecule has 0 radical (unpaired) electrons. The van der Waals surface area contributed by atoms with E-state index in [1.165, 1.54) is 18.2 Å². The van der Waals surface area contributed by atoms with Crippen molar-refractivity contribution in [2.45, 2.75) is 32.9 Å². The fourth-order valence-corrected chi connectivity index (χ4v) is 2.42. The predicted molar refractivity (Wildman–Crippen MR) is 81.8 cm³/mol. The molecule has 2 rings (SSSR count). The zero-order valence-corrected chi connectivity index (χ0v) is 12.4. The summed E-state index contributed by atoms with van der Waals surface area (Å²) in [6, 6.07) is 14.1. The summed E-state index contributed by atoms with van der Waals surface area (Å²) in [4.78, 5) is 0. The van der Waals surface area contributed by atoms with Crippen molar-refractivity contribution >= 4 is 0 Å². The highest BCUT2D eigenvalue weighted by atomic mass is 19.1. The van der Waals surface area contributed by atoms with Gasteiger partial charge in [-0.1, -0.05) is 50.2 Å². The summed E-state index contributed by atoms with van der Waals surface area (Å²) in [7, 11) is 0. The van der Waals surface area contributed by atoms with Crippen molar-refractivity contribution in [3.63, 3.8) is 0 Å². The number of benzene rings is 2. The van der Waals surface area contributed by atoms with Crippen molar-refractivity contribution in [2.75, 3.05) is 0 Å². The maximum atomic E-state index is 13.7. The van der Waals surface area contributed by atoms with Crippen LogP contribution in [0, 0.1) is 17.6 Å². The summed E-state index contributed by atoms with van der Waals surface area (Å²) in [5.41, 5.74) is 1.24. The van der Waals surface area contributed by atoms with Crippen LogP contribution in [0.4, 0.5) is 8.78 Å². The molecule has 112 valence electrons. The second-order valence-electron chi connectivity index (χ2n) is 5.67. The molecule has 0 fully saturated rings. The minimum Gasteiger partial charge on any atom is -0.306 e. The van der Waals surface area contributed by atoms with Crippen LogP contribution in [0.25, 0.3) is 0 Å². The van der Waals surface area contributed by atoms with E-state index in [2.05, 4.69) is 19.2 Å². The van der Waals surface area contributed by atoms with E-state index in [1.54, 1.807) is 0 Å². The topological polar surface area (TPSA) is 12.0 Å². The van der Waals surface area contributed by atoms with E-state index in [-0.39, 0.29) is 18.2 Å². The largest absolute Gasteiger partial charge is 0.306 e. The summed E-state index contributed by atoms with van der Waals surface area (Å²) in [6.07, 6.45) is 0.917. The highest BCUT2D eigenvalue weighted by molar-refractivity contribution is 5.22. The minimum atomic E-state index is -0.501. The van der Waals surface area contributed by atoms with Gasteiger partial charge in [-0.25, -0.2) is 8.78 Å². The van der Waals surface area contributed by atoms with E-state index < -0.39 is 11.6 Å². The molecule has 0 aliphatic rings. The maximum Gasteiger partial charge on any atom is 0.130 e. The second kappa shape index (κ2) is 7.32. The molecule has 2 aromatic rings. The maximum absolute atomic E-state index is 13.7. The molecule has 1 atom stereocenters. The summed E-state index contributed by atoms with van der Waals surface area (Å²) < 4.78 is 27.4. The molecule has 0 amide bonds. The Morgan fingerprint density at radius 2 is 1.52 bits per heavy atom. The molecule has 21 heavy (non-hydrogen) atoms. The van der Waals surface area contributed by atoms with Crippen LogP contribution in [0.1, 0.15) is 37.4 Å². The summed E-state index contributed by atoms with van der Waals surface area (Å²) in [5.74, 6) is -0.508. The van der Waals surface area contributed by atoms with Crippen molar-refractivity contribution in [2.24, 2.45) is 5.92 Å². The Kier molecular flexibility index (Phi) is 5.45. The molecule has 0 saturated heterocycles. The molecule has 1 N–H and O–H groups in total. The van der Waals surface area contributed by atoms with Gasteiger partial charge in [-0.2, -0.15) is 0 Å². The fourth-order valence-electron chi connectivity index (χ4n) is 2.42. The van der Waals surface area contributed by atoms with E-state index in [0.717, 1.165) is 12.0 Å². The standard InChI is InChI=1S/C18H21F2N/c1-13(2)11-18(14-7-4-3-5-8-14)21-12-15-16(19)9-6-10-17(15)20/h3-10,13,18,21H,11-12H2,1-2H3. The SMILES string of the molecule is CC(C)CC(NCc1c(F)cccc1F)c1ccccc1. The quantitative estimate of drug-likeness (QED) is 0.802. The van der Waals surface area contributed by atoms with Crippen molar-refractivity contribution < 1.29 is 8.78 Å². The summed E-state index contributed by atoms with van der Waals surface area (Å²) >= 11 is 0. The lowest BCUT2D eigenvalue weighted by molar-refractivity contribution is 0.418. The molecule has 0 saturated carbocycles. The Labute approximate surface area is 125 Å². The van der Waals surface area contributed by atoms with Crippen LogP contribution in [0.2, 0.25) is 0 Å². The molecule has 0 heterocycles. The molecule has 2 aromatic carbocycles.